The molecule has 0 saturated carbocycles. The van der Waals surface area contributed by atoms with Crippen LogP contribution in [0.5, 0.6) is 0 Å². The Bertz CT molecular complexity index is 546. The van der Waals surface area contributed by atoms with Gasteiger partial charge >= 0.3 is 0 Å². The molecule has 0 fully saturated rings. The van der Waals surface area contributed by atoms with Crippen LogP contribution in [-0.4, -0.2) is 5.91 Å². The predicted octanol–water partition coefficient (Wildman–Crippen LogP) is 3.22. The Labute approximate surface area is 129 Å². The molecular formula is C13H11NOS2Zn. The van der Waals surface area contributed by atoms with E-state index in [1.165, 1.54) is 0 Å². The Hall–Kier alpha value is -0.767. The van der Waals surface area contributed by atoms with E-state index >= 15 is 0 Å². The second-order valence-electron chi connectivity index (χ2n) is 3.46. The Morgan fingerprint density at radius 2 is 1.78 bits per heavy atom. The second kappa shape index (κ2) is 6.98. The smallest absolute Gasteiger partial charge is 0.248 e. The van der Waals surface area contributed by atoms with Crippen molar-refractivity contribution in [2.45, 2.75) is 14.7 Å². The van der Waals surface area contributed by atoms with E-state index in [1.54, 1.807) is 30.0 Å². The minimum absolute atomic E-state index is 0. The average molecular weight is 327 g/mol. The van der Waals surface area contributed by atoms with Crippen LogP contribution in [0, 0.1) is 0 Å². The molecule has 18 heavy (non-hydrogen) atoms. The monoisotopic (exact) mass is 325 g/mol. The number of hydrogen-bond donors (Lipinski definition) is 2. The molecule has 0 aliphatic heterocycles. The topological polar surface area (TPSA) is 43.1 Å². The van der Waals surface area contributed by atoms with Crippen molar-refractivity contribution in [1.82, 2.24) is 0 Å². The van der Waals surface area contributed by atoms with Gasteiger partial charge in [0.05, 0.1) is 0 Å². The molecular weight excluding hydrogens is 316 g/mol. The molecule has 2 aromatic rings. The van der Waals surface area contributed by atoms with Crippen LogP contribution in [0.3, 0.4) is 0 Å². The average Bonchev–Trinajstić information content (AvgIpc) is 2.33. The standard InChI is InChI=1S/C13H11NOS2.Zn/c14-13(15)9-6-7-11(16)12(8-9)17-10-4-2-1-3-5-10;/h1-8,16H,(H2,14,15);. The molecule has 0 saturated heterocycles. The summed E-state index contributed by atoms with van der Waals surface area (Å²) in [6, 6.07) is 15.2. The molecule has 2 rings (SSSR count). The first-order valence-corrected chi connectivity index (χ1v) is 6.29. The molecule has 1 amide bonds. The zero-order valence-corrected chi connectivity index (χ0v) is 14.3. The molecule has 88 valence electrons. The Morgan fingerprint density at radius 3 is 2.39 bits per heavy atom. The third-order valence-corrected chi connectivity index (χ3v) is 3.82. The maximum Gasteiger partial charge on any atom is 0.248 e. The number of nitrogens with two attached hydrogens (primary N) is 1. The van der Waals surface area contributed by atoms with Gasteiger partial charge in [0.25, 0.3) is 0 Å². The van der Waals surface area contributed by atoms with Crippen LogP contribution in [0.2, 0.25) is 0 Å². The maximum atomic E-state index is 11.1. The Morgan fingerprint density at radius 1 is 1.11 bits per heavy atom. The number of primary amides is 1. The van der Waals surface area contributed by atoms with Crippen LogP contribution in [-0.2, 0) is 19.5 Å². The van der Waals surface area contributed by atoms with E-state index in [0.29, 0.717) is 5.56 Å². The quantitative estimate of drug-likeness (QED) is 0.672. The van der Waals surface area contributed by atoms with E-state index in [1.807, 2.05) is 30.3 Å². The van der Waals surface area contributed by atoms with Gasteiger partial charge in [0.2, 0.25) is 5.91 Å². The molecule has 0 bridgehead atoms. The van der Waals surface area contributed by atoms with Crippen molar-refractivity contribution in [2.75, 3.05) is 0 Å². The molecule has 2 nitrogen and oxygen atoms in total. The summed E-state index contributed by atoms with van der Waals surface area (Å²) in [5.74, 6) is -0.423. The third-order valence-electron chi connectivity index (χ3n) is 2.22. The summed E-state index contributed by atoms with van der Waals surface area (Å²) in [6.07, 6.45) is 0. The van der Waals surface area contributed by atoms with E-state index in [2.05, 4.69) is 12.6 Å². The van der Waals surface area contributed by atoms with Crippen LogP contribution in [0.15, 0.2) is 63.2 Å². The van der Waals surface area contributed by atoms with Gasteiger partial charge in [0.15, 0.2) is 0 Å². The number of amides is 1. The van der Waals surface area contributed by atoms with Gasteiger partial charge in [-0.1, -0.05) is 30.0 Å². The van der Waals surface area contributed by atoms with Gasteiger partial charge in [-0.2, -0.15) is 0 Å². The fraction of sp³-hybridized carbons (Fsp3) is 0. The fourth-order valence-corrected chi connectivity index (χ4v) is 2.55. The first-order chi connectivity index (χ1) is 8.16. The molecule has 0 unspecified atom stereocenters. The van der Waals surface area contributed by atoms with Crippen molar-refractivity contribution in [3.8, 4) is 0 Å². The normalized spacial score (nSPS) is 9.61. The van der Waals surface area contributed by atoms with Crippen molar-refractivity contribution >= 4 is 30.3 Å². The van der Waals surface area contributed by atoms with Crippen molar-refractivity contribution in [3.63, 3.8) is 0 Å². The zero-order valence-electron chi connectivity index (χ0n) is 9.67. The first kappa shape index (κ1) is 15.3. The Balaban J connectivity index is 0.00000162. The molecule has 0 aromatic heterocycles. The summed E-state index contributed by atoms with van der Waals surface area (Å²) in [6.45, 7) is 0. The van der Waals surface area contributed by atoms with Crippen LogP contribution in [0.25, 0.3) is 0 Å². The minimum atomic E-state index is -0.423. The van der Waals surface area contributed by atoms with Gasteiger partial charge in [0.1, 0.15) is 0 Å². The third kappa shape index (κ3) is 3.87. The summed E-state index contributed by atoms with van der Waals surface area (Å²) in [4.78, 5) is 14.0. The van der Waals surface area contributed by atoms with E-state index in [4.69, 9.17) is 5.73 Å². The molecule has 2 aromatic carbocycles. The predicted molar refractivity (Wildman–Crippen MR) is 72.8 cm³/mol. The summed E-state index contributed by atoms with van der Waals surface area (Å²) in [7, 11) is 0. The van der Waals surface area contributed by atoms with Crippen molar-refractivity contribution < 1.29 is 24.3 Å². The van der Waals surface area contributed by atoms with E-state index in [9.17, 15) is 4.79 Å². The van der Waals surface area contributed by atoms with Gasteiger partial charge < -0.3 is 5.73 Å². The summed E-state index contributed by atoms with van der Waals surface area (Å²) >= 11 is 5.93. The number of hydrogen-bond acceptors (Lipinski definition) is 3. The molecule has 0 aliphatic rings. The molecule has 0 radical (unpaired) electrons. The Kier molecular flexibility index (Phi) is 5.93. The van der Waals surface area contributed by atoms with Crippen LogP contribution >= 0.6 is 24.4 Å². The molecule has 0 aliphatic carbocycles. The van der Waals surface area contributed by atoms with Crippen LogP contribution < -0.4 is 5.73 Å². The van der Waals surface area contributed by atoms with Gasteiger partial charge in [-0.3, -0.25) is 4.79 Å². The van der Waals surface area contributed by atoms with Gasteiger partial charge in [0, 0.05) is 39.7 Å². The molecule has 2 N–H and O–H groups in total. The van der Waals surface area contributed by atoms with Crippen molar-refractivity contribution in [3.05, 3.63) is 54.1 Å². The summed E-state index contributed by atoms with van der Waals surface area (Å²) < 4.78 is 0. The van der Waals surface area contributed by atoms with Gasteiger partial charge in [-0.25, -0.2) is 0 Å². The second-order valence-corrected chi connectivity index (χ2v) is 5.06. The van der Waals surface area contributed by atoms with E-state index < -0.39 is 5.91 Å². The van der Waals surface area contributed by atoms with Gasteiger partial charge in [-0.05, 0) is 30.3 Å². The zero-order chi connectivity index (χ0) is 12.3. The van der Waals surface area contributed by atoms with E-state index in [0.717, 1.165) is 14.7 Å². The summed E-state index contributed by atoms with van der Waals surface area (Å²) in [5.41, 5.74) is 5.75. The number of benzene rings is 2. The maximum absolute atomic E-state index is 11.1. The number of rotatable bonds is 3. The number of carbonyl (C=O) groups excluding carboxylic acids is 1. The number of thiol groups is 1. The molecule has 5 heteroatoms. The minimum Gasteiger partial charge on any atom is -0.366 e. The fourth-order valence-electron chi connectivity index (χ4n) is 1.36. The largest absolute Gasteiger partial charge is 0.366 e. The molecule has 0 spiro atoms. The van der Waals surface area contributed by atoms with Crippen molar-refractivity contribution in [1.29, 1.82) is 0 Å². The van der Waals surface area contributed by atoms with Gasteiger partial charge in [-0.15, -0.1) is 12.6 Å². The molecule has 0 atom stereocenters. The number of carbonyl (C=O) groups is 1. The van der Waals surface area contributed by atoms with E-state index in [-0.39, 0.29) is 19.5 Å². The summed E-state index contributed by atoms with van der Waals surface area (Å²) in [5, 5.41) is 0. The van der Waals surface area contributed by atoms with Crippen molar-refractivity contribution in [2.24, 2.45) is 5.73 Å². The SMILES string of the molecule is NC(=O)c1ccc(S)c(Sc2ccccc2)c1.[Zn]. The molecule has 0 heterocycles. The van der Waals surface area contributed by atoms with Crippen LogP contribution in [0.1, 0.15) is 10.4 Å². The van der Waals surface area contributed by atoms with Crippen LogP contribution in [0.4, 0.5) is 0 Å². The first-order valence-electron chi connectivity index (χ1n) is 5.02.